The van der Waals surface area contributed by atoms with Crippen molar-refractivity contribution in [2.24, 2.45) is 4.99 Å². The molecular weight excluding hydrogens is 356 g/mol. The first-order valence-electron chi connectivity index (χ1n) is 8.65. The summed E-state index contributed by atoms with van der Waals surface area (Å²) >= 11 is 2.87. The van der Waals surface area contributed by atoms with E-state index in [0.717, 1.165) is 30.6 Å². The van der Waals surface area contributed by atoms with Gasteiger partial charge in [-0.05, 0) is 37.3 Å². The lowest BCUT2D eigenvalue weighted by atomic mass is 9.94. The molecule has 25 heavy (non-hydrogen) atoms. The van der Waals surface area contributed by atoms with Crippen molar-refractivity contribution in [1.29, 1.82) is 0 Å². The summed E-state index contributed by atoms with van der Waals surface area (Å²) in [4.78, 5) is 32.0. The molecule has 0 saturated heterocycles. The van der Waals surface area contributed by atoms with E-state index in [0.29, 0.717) is 17.5 Å². The van der Waals surface area contributed by atoms with E-state index in [4.69, 9.17) is 4.74 Å². The standard InChI is InChI=1S/C18H22N2O3S2/c1-2-23-16(21)12-25-18-19-15(11-14-9-6-10-24-14)17(22)20(18)13-7-4-3-5-8-13/h6,9-11,13H,2-5,7-8,12H2,1H3/b15-11+. The molecule has 1 aromatic rings. The summed E-state index contributed by atoms with van der Waals surface area (Å²) in [6, 6.07) is 4.11. The molecule has 0 unspecified atom stereocenters. The number of hydrogen-bond donors (Lipinski definition) is 0. The average molecular weight is 379 g/mol. The lowest BCUT2D eigenvalue weighted by molar-refractivity contribution is -0.139. The minimum atomic E-state index is -0.276. The first-order valence-corrected chi connectivity index (χ1v) is 10.5. The summed E-state index contributed by atoms with van der Waals surface area (Å²) in [5.41, 5.74) is 0.458. The summed E-state index contributed by atoms with van der Waals surface area (Å²) < 4.78 is 4.99. The van der Waals surface area contributed by atoms with Crippen LogP contribution >= 0.6 is 23.1 Å². The summed E-state index contributed by atoms with van der Waals surface area (Å²) in [5.74, 6) is -0.149. The van der Waals surface area contributed by atoms with Crippen LogP contribution in [0, 0.1) is 0 Å². The number of aliphatic imine (C=N–C) groups is 1. The molecule has 1 aromatic heterocycles. The van der Waals surface area contributed by atoms with Gasteiger partial charge in [-0.2, -0.15) is 0 Å². The molecule has 1 saturated carbocycles. The smallest absolute Gasteiger partial charge is 0.316 e. The van der Waals surface area contributed by atoms with E-state index in [9.17, 15) is 9.59 Å². The second-order valence-corrected chi connectivity index (χ2v) is 7.92. The number of amidine groups is 1. The highest BCUT2D eigenvalue weighted by molar-refractivity contribution is 8.14. The van der Waals surface area contributed by atoms with Crippen molar-refractivity contribution >= 4 is 46.2 Å². The Morgan fingerprint density at radius 2 is 2.24 bits per heavy atom. The third kappa shape index (κ3) is 4.52. The molecule has 134 valence electrons. The minimum absolute atomic E-state index is 0.0494. The maximum Gasteiger partial charge on any atom is 0.316 e. The molecule has 1 aliphatic carbocycles. The number of thiophene rings is 1. The molecule has 0 radical (unpaired) electrons. The van der Waals surface area contributed by atoms with Crippen LogP contribution in [0.3, 0.4) is 0 Å². The highest BCUT2D eigenvalue weighted by Gasteiger charge is 2.36. The molecule has 7 heteroatoms. The van der Waals surface area contributed by atoms with Crippen molar-refractivity contribution in [2.75, 3.05) is 12.4 Å². The monoisotopic (exact) mass is 378 g/mol. The number of hydrogen-bond acceptors (Lipinski definition) is 6. The molecule has 2 heterocycles. The zero-order valence-electron chi connectivity index (χ0n) is 14.3. The van der Waals surface area contributed by atoms with Gasteiger partial charge in [0.05, 0.1) is 12.4 Å². The van der Waals surface area contributed by atoms with E-state index >= 15 is 0 Å². The van der Waals surface area contributed by atoms with Gasteiger partial charge in [0.1, 0.15) is 5.70 Å². The van der Waals surface area contributed by atoms with Gasteiger partial charge in [-0.3, -0.25) is 14.5 Å². The zero-order chi connectivity index (χ0) is 17.6. The zero-order valence-corrected chi connectivity index (χ0v) is 15.9. The van der Waals surface area contributed by atoms with E-state index in [1.807, 2.05) is 28.5 Å². The number of nitrogens with zero attached hydrogens (tertiary/aromatic N) is 2. The minimum Gasteiger partial charge on any atom is -0.465 e. The Morgan fingerprint density at radius 1 is 1.44 bits per heavy atom. The van der Waals surface area contributed by atoms with Gasteiger partial charge in [0, 0.05) is 10.9 Å². The van der Waals surface area contributed by atoms with Gasteiger partial charge in [0.2, 0.25) is 0 Å². The van der Waals surface area contributed by atoms with Gasteiger partial charge in [-0.25, -0.2) is 4.99 Å². The number of carbonyl (C=O) groups excluding carboxylic acids is 2. The molecular formula is C18H22N2O3S2. The molecule has 0 atom stereocenters. The topological polar surface area (TPSA) is 59.0 Å². The summed E-state index contributed by atoms with van der Waals surface area (Å²) in [6.45, 7) is 2.15. The first kappa shape index (κ1) is 18.2. The van der Waals surface area contributed by atoms with E-state index in [1.165, 1.54) is 18.2 Å². The summed E-state index contributed by atoms with van der Waals surface area (Å²) in [6.07, 6.45) is 7.32. The molecule has 5 nitrogen and oxygen atoms in total. The maximum absolute atomic E-state index is 12.9. The highest BCUT2D eigenvalue weighted by Crippen LogP contribution is 2.32. The molecule has 2 aliphatic rings. The Hall–Kier alpha value is -1.60. The number of carbonyl (C=O) groups is 2. The fraction of sp³-hybridized carbons (Fsp3) is 0.500. The van der Waals surface area contributed by atoms with Crippen LogP contribution < -0.4 is 0 Å². The lowest BCUT2D eigenvalue weighted by Crippen LogP contribution is -2.41. The lowest BCUT2D eigenvalue weighted by Gasteiger charge is -2.31. The Balaban J connectivity index is 1.79. The van der Waals surface area contributed by atoms with E-state index in [1.54, 1.807) is 18.3 Å². The quantitative estimate of drug-likeness (QED) is 0.576. The molecule has 1 aliphatic heterocycles. The van der Waals surface area contributed by atoms with E-state index in [-0.39, 0.29) is 23.7 Å². The van der Waals surface area contributed by atoms with Crippen LogP contribution in [-0.4, -0.2) is 40.3 Å². The van der Waals surface area contributed by atoms with Gasteiger partial charge in [0.15, 0.2) is 5.17 Å². The van der Waals surface area contributed by atoms with Crippen molar-refractivity contribution in [3.63, 3.8) is 0 Å². The summed E-state index contributed by atoms with van der Waals surface area (Å²) in [5, 5.41) is 2.61. The highest BCUT2D eigenvalue weighted by atomic mass is 32.2. The van der Waals surface area contributed by atoms with Gasteiger partial charge < -0.3 is 4.74 Å². The number of ether oxygens (including phenoxy) is 1. The molecule has 0 bridgehead atoms. The molecule has 1 fully saturated rings. The fourth-order valence-corrected chi connectivity index (χ4v) is 4.62. The first-order chi connectivity index (χ1) is 12.2. The Morgan fingerprint density at radius 3 is 2.92 bits per heavy atom. The molecule has 1 amide bonds. The van der Waals surface area contributed by atoms with E-state index < -0.39 is 0 Å². The van der Waals surface area contributed by atoms with Crippen LogP contribution in [0.1, 0.15) is 43.9 Å². The van der Waals surface area contributed by atoms with Crippen molar-refractivity contribution in [1.82, 2.24) is 4.90 Å². The number of esters is 1. The maximum atomic E-state index is 12.9. The molecule has 0 N–H and O–H groups in total. The summed E-state index contributed by atoms with van der Waals surface area (Å²) in [7, 11) is 0. The second-order valence-electron chi connectivity index (χ2n) is 6.00. The number of amides is 1. The average Bonchev–Trinajstić information content (AvgIpc) is 3.23. The van der Waals surface area contributed by atoms with Gasteiger partial charge in [-0.15, -0.1) is 11.3 Å². The van der Waals surface area contributed by atoms with E-state index in [2.05, 4.69) is 4.99 Å². The Kier molecular flexibility index (Phi) is 6.31. The number of thioether (sulfide) groups is 1. The second kappa shape index (κ2) is 8.67. The van der Waals surface area contributed by atoms with Gasteiger partial charge in [0.25, 0.3) is 5.91 Å². The molecule has 0 spiro atoms. The van der Waals surface area contributed by atoms with Crippen LogP contribution in [0.5, 0.6) is 0 Å². The Bertz CT molecular complexity index is 677. The van der Waals surface area contributed by atoms with Crippen LogP contribution in [0.15, 0.2) is 28.2 Å². The predicted molar refractivity (Wildman–Crippen MR) is 103 cm³/mol. The van der Waals surface area contributed by atoms with Crippen LogP contribution in [0.2, 0.25) is 0 Å². The predicted octanol–water partition coefficient (Wildman–Crippen LogP) is 3.92. The third-order valence-corrected chi connectivity index (χ3v) is 5.99. The van der Waals surface area contributed by atoms with Crippen LogP contribution in [0.4, 0.5) is 0 Å². The normalized spacial score (nSPS) is 20.2. The molecule has 3 rings (SSSR count). The fourth-order valence-electron chi connectivity index (χ4n) is 3.11. The largest absolute Gasteiger partial charge is 0.465 e. The van der Waals surface area contributed by atoms with Crippen molar-refractivity contribution in [3.05, 3.63) is 28.1 Å². The Labute approximate surface area is 156 Å². The third-order valence-electron chi connectivity index (χ3n) is 4.25. The van der Waals surface area contributed by atoms with Crippen LogP contribution in [0.25, 0.3) is 6.08 Å². The van der Waals surface area contributed by atoms with Gasteiger partial charge >= 0.3 is 5.97 Å². The van der Waals surface area contributed by atoms with Crippen molar-refractivity contribution in [2.45, 2.75) is 45.1 Å². The van der Waals surface area contributed by atoms with Crippen LogP contribution in [-0.2, 0) is 14.3 Å². The number of rotatable bonds is 5. The SMILES string of the molecule is CCOC(=O)CSC1=N/C(=C/c2cccs2)C(=O)N1C1CCCCC1. The van der Waals surface area contributed by atoms with Crippen molar-refractivity contribution in [3.8, 4) is 0 Å². The molecule has 0 aromatic carbocycles. The van der Waals surface area contributed by atoms with Gasteiger partial charge in [-0.1, -0.05) is 37.1 Å². The van der Waals surface area contributed by atoms with Crippen molar-refractivity contribution < 1.29 is 14.3 Å².